The van der Waals surface area contributed by atoms with E-state index in [2.05, 4.69) is 10.3 Å². The summed E-state index contributed by atoms with van der Waals surface area (Å²) in [6, 6.07) is 12.3. The molecular formula is C18H17N3O3. The molecule has 24 heavy (non-hydrogen) atoms. The summed E-state index contributed by atoms with van der Waals surface area (Å²) in [5.41, 5.74) is 2.04. The third kappa shape index (κ3) is 2.86. The number of carbonyl (C=O) groups excluding carboxylic acids is 1. The second-order valence-electron chi connectivity index (χ2n) is 5.66. The number of amides is 1. The van der Waals surface area contributed by atoms with E-state index >= 15 is 0 Å². The topological polar surface area (TPSA) is 84.0 Å². The van der Waals surface area contributed by atoms with E-state index in [-0.39, 0.29) is 6.54 Å². The molecule has 0 aliphatic heterocycles. The van der Waals surface area contributed by atoms with Crippen molar-refractivity contribution in [3.05, 3.63) is 74.4 Å². The first kappa shape index (κ1) is 15.7. The first-order valence-electron chi connectivity index (χ1n) is 7.55. The number of nitrogens with zero attached hydrogens (tertiary/aromatic N) is 1. The summed E-state index contributed by atoms with van der Waals surface area (Å²) in [5.74, 6) is -0.424. The van der Waals surface area contributed by atoms with Gasteiger partial charge in [-0.3, -0.25) is 14.2 Å². The van der Waals surface area contributed by atoms with Crippen LogP contribution < -0.4 is 16.6 Å². The minimum absolute atomic E-state index is 0.341. The number of rotatable bonds is 3. The molecule has 2 aromatic carbocycles. The molecule has 0 spiro atoms. The van der Waals surface area contributed by atoms with E-state index < -0.39 is 17.2 Å². The van der Waals surface area contributed by atoms with E-state index in [4.69, 9.17) is 0 Å². The average Bonchev–Trinajstić information content (AvgIpc) is 2.56. The van der Waals surface area contributed by atoms with Crippen LogP contribution in [0, 0.1) is 13.8 Å². The van der Waals surface area contributed by atoms with Crippen molar-refractivity contribution in [2.75, 3.05) is 5.32 Å². The SMILES string of the molecule is Cc1cccc(NC(=O)Cn2c(=O)[nH]c3ccccc3c2=O)c1C. The Kier molecular flexibility index (Phi) is 4.04. The van der Waals surface area contributed by atoms with Crippen LogP contribution in [-0.4, -0.2) is 15.5 Å². The van der Waals surface area contributed by atoms with Gasteiger partial charge in [0.05, 0.1) is 10.9 Å². The number of anilines is 1. The summed E-state index contributed by atoms with van der Waals surface area (Å²) < 4.78 is 0.906. The van der Waals surface area contributed by atoms with Crippen molar-refractivity contribution in [2.45, 2.75) is 20.4 Å². The zero-order valence-electron chi connectivity index (χ0n) is 13.4. The molecule has 0 fully saturated rings. The number of H-pyrrole nitrogens is 1. The number of fused-ring (bicyclic) bond motifs is 1. The largest absolute Gasteiger partial charge is 0.329 e. The Morgan fingerprint density at radius 2 is 1.83 bits per heavy atom. The Hall–Kier alpha value is -3.15. The quantitative estimate of drug-likeness (QED) is 0.772. The van der Waals surface area contributed by atoms with Gasteiger partial charge in [0.1, 0.15) is 6.54 Å². The highest BCUT2D eigenvalue weighted by atomic mass is 16.2. The van der Waals surface area contributed by atoms with Gasteiger partial charge in [0, 0.05) is 5.69 Å². The van der Waals surface area contributed by atoms with E-state index in [0.717, 1.165) is 15.7 Å². The third-order valence-corrected chi connectivity index (χ3v) is 4.07. The molecule has 0 aliphatic rings. The Balaban J connectivity index is 1.92. The van der Waals surface area contributed by atoms with E-state index in [9.17, 15) is 14.4 Å². The second-order valence-corrected chi connectivity index (χ2v) is 5.66. The number of aromatic nitrogens is 2. The summed E-state index contributed by atoms with van der Waals surface area (Å²) >= 11 is 0. The lowest BCUT2D eigenvalue weighted by atomic mass is 10.1. The minimum atomic E-state index is -0.602. The smallest absolute Gasteiger partial charge is 0.324 e. The van der Waals surface area contributed by atoms with Crippen LogP contribution in [-0.2, 0) is 11.3 Å². The van der Waals surface area contributed by atoms with Crippen LogP contribution in [0.2, 0.25) is 0 Å². The first-order valence-corrected chi connectivity index (χ1v) is 7.55. The molecule has 122 valence electrons. The zero-order chi connectivity index (χ0) is 17.3. The van der Waals surface area contributed by atoms with Gasteiger partial charge in [0.2, 0.25) is 5.91 Å². The second kappa shape index (κ2) is 6.16. The molecule has 1 aromatic heterocycles. The molecule has 6 nitrogen and oxygen atoms in total. The maximum Gasteiger partial charge on any atom is 0.329 e. The molecule has 0 radical (unpaired) electrons. The molecule has 1 amide bonds. The highest BCUT2D eigenvalue weighted by Crippen LogP contribution is 2.17. The highest BCUT2D eigenvalue weighted by molar-refractivity contribution is 5.91. The van der Waals surface area contributed by atoms with Gasteiger partial charge in [0.25, 0.3) is 5.56 Å². The van der Waals surface area contributed by atoms with Crippen molar-refractivity contribution < 1.29 is 4.79 Å². The van der Waals surface area contributed by atoms with Crippen LogP contribution in [0.3, 0.4) is 0 Å². The Morgan fingerprint density at radius 3 is 2.62 bits per heavy atom. The molecule has 6 heteroatoms. The third-order valence-electron chi connectivity index (χ3n) is 4.07. The van der Waals surface area contributed by atoms with Crippen molar-refractivity contribution in [2.24, 2.45) is 0 Å². The molecule has 2 N–H and O–H groups in total. The Bertz CT molecular complexity index is 1050. The molecule has 0 bridgehead atoms. The Labute approximate surface area is 137 Å². The van der Waals surface area contributed by atoms with Gasteiger partial charge in [0.15, 0.2) is 0 Å². The summed E-state index contributed by atoms with van der Waals surface area (Å²) in [7, 11) is 0. The lowest BCUT2D eigenvalue weighted by molar-refractivity contribution is -0.116. The van der Waals surface area contributed by atoms with Crippen molar-refractivity contribution in [3.8, 4) is 0 Å². The molecule has 0 atom stereocenters. The van der Waals surface area contributed by atoms with Crippen LogP contribution in [0.5, 0.6) is 0 Å². The van der Waals surface area contributed by atoms with E-state index in [1.165, 1.54) is 0 Å². The van der Waals surface area contributed by atoms with Crippen LogP contribution in [0.4, 0.5) is 5.69 Å². The highest BCUT2D eigenvalue weighted by Gasteiger charge is 2.12. The van der Waals surface area contributed by atoms with E-state index in [1.807, 2.05) is 26.0 Å². The number of hydrogen-bond donors (Lipinski definition) is 2. The summed E-state index contributed by atoms with van der Waals surface area (Å²) in [6.07, 6.45) is 0. The van der Waals surface area contributed by atoms with Gasteiger partial charge in [-0.25, -0.2) is 4.79 Å². The van der Waals surface area contributed by atoms with Gasteiger partial charge in [-0.1, -0.05) is 24.3 Å². The number of carbonyl (C=O) groups is 1. The maximum absolute atomic E-state index is 12.4. The predicted molar refractivity (Wildman–Crippen MR) is 93.4 cm³/mol. The maximum atomic E-state index is 12.4. The van der Waals surface area contributed by atoms with Crippen LogP contribution in [0.15, 0.2) is 52.1 Å². The van der Waals surface area contributed by atoms with Crippen molar-refractivity contribution in [1.82, 2.24) is 9.55 Å². The van der Waals surface area contributed by atoms with Gasteiger partial charge >= 0.3 is 5.69 Å². The molecular weight excluding hydrogens is 306 g/mol. The molecule has 3 aromatic rings. The minimum Gasteiger partial charge on any atom is -0.324 e. The van der Waals surface area contributed by atoms with E-state index in [0.29, 0.717) is 16.6 Å². The molecule has 3 rings (SSSR count). The molecule has 0 saturated heterocycles. The predicted octanol–water partition coefficient (Wildman–Crippen LogP) is 1.95. The molecule has 0 saturated carbocycles. The number of aromatic amines is 1. The number of para-hydroxylation sites is 1. The molecule has 1 heterocycles. The average molecular weight is 323 g/mol. The van der Waals surface area contributed by atoms with Crippen molar-refractivity contribution >= 4 is 22.5 Å². The zero-order valence-corrected chi connectivity index (χ0v) is 13.4. The molecule has 0 unspecified atom stereocenters. The summed E-state index contributed by atoms with van der Waals surface area (Å²) in [5, 5.41) is 3.12. The van der Waals surface area contributed by atoms with Crippen molar-refractivity contribution in [3.63, 3.8) is 0 Å². The normalized spacial score (nSPS) is 10.8. The van der Waals surface area contributed by atoms with Gasteiger partial charge in [-0.05, 0) is 43.2 Å². The fourth-order valence-corrected chi connectivity index (χ4v) is 2.56. The fraction of sp³-hybridized carbons (Fsp3) is 0.167. The number of nitrogens with one attached hydrogen (secondary N) is 2. The number of aryl methyl sites for hydroxylation is 1. The van der Waals surface area contributed by atoms with Gasteiger partial charge in [-0.2, -0.15) is 0 Å². The first-order chi connectivity index (χ1) is 11.5. The summed E-state index contributed by atoms with van der Waals surface area (Å²) in [6.45, 7) is 3.51. The lowest BCUT2D eigenvalue weighted by Crippen LogP contribution is -2.38. The van der Waals surface area contributed by atoms with Crippen molar-refractivity contribution in [1.29, 1.82) is 0 Å². The van der Waals surface area contributed by atoms with Crippen LogP contribution >= 0.6 is 0 Å². The monoisotopic (exact) mass is 323 g/mol. The fourth-order valence-electron chi connectivity index (χ4n) is 2.56. The lowest BCUT2D eigenvalue weighted by Gasteiger charge is -2.11. The van der Waals surface area contributed by atoms with Gasteiger partial charge < -0.3 is 10.3 Å². The van der Waals surface area contributed by atoms with Crippen LogP contribution in [0.1, 0.15) is 11.1 Å². The van der Waals surface area contributed by atoms with E-state index in [1.54, 1.807) is 30.3 Å². The Morgan fingerprint density at radius 1 is 1.08 bits per heavy atom. The van der Waals surface area contributed by atoms with Gasteiger partial charge in [-0.15, -0.1) is 0 Å². The standard InChI is InChI=1S/C18H17N3O3/c1-11-6-5-9-14(12(11)2)19-16(22)10-21-17(23)13-7-3-4-8-15(13)20-18(21)24/h3-9H,10H2,1-2H3,(H,19,22)(H,20,24). The molecule has 0 aliphatic carbocycles. The number of hydrogen-bond acceptors (Lipinski definition) is 3. The number of benzene rings is 2. The van der Waals surface area contributed by atoms with Crippen LogP contribution in [0.25, 0.3) is 10.9 Å². The summed E-state index contributed by atoms with van der Waals surface area (Å²) in [4.78, 5) is 39.4.